The van der Waals surface area contributed by atoms with Crippen molar-refractivity contribution in [3.05, 3.63) is 33.9 Å². The second-order valence-corrected chi connectivity index (χ2v) is 9.27. The van der Waals surface area contributed by atoms with Gasteiger partial charge in [0.15, 0.2) is 0 Å². The Morgan fingerprint density at radius 2 is 2.29 bits per heavy atom. The van der Waals surface area contributed by atoms with E-state index in [-0.39, 0.29) is 22.7 Å². The highest BCUT2D eigenvalue weighted by atomic mass is 35.5. The summed E-state index contributed by atoms with van der Waals surface area (Å²) in [5, 5.41) is 7.10. The van der Waals surface area contributed by atoms with Crippen molar-refractivity contribution >= 4 is 38.9 Å². The van der Waals surface area contributed by atoms with Gasteiger partial charge in [-0.1, -0.05) is 11.6 Å². The Balaban J connectivity index is 1.61. The van der Waals surface area contributed by atoms with Gasteiger partial charge in [0.05, 0.1) is 23.1 Å². The number of sulfonamides is 1. The Morgan fingerprint density at radius 3 is 3.00 bits per heavy atom. The average molecular weight is 389 g/mol. The number of nitrogens with zero attached hydrogens (tertiary/aromatic N) is 2. The van der Waals surface area contributed by atoms with Gasteiger partial charge < -0.3 is 5.32 Å². The lowest BCUT2D eigenvalue weighted by atomic mass is 9.93. The van der Waals surface area contributed by atoms with Crippen LogP contribution in [0.1, 0.15) is 30.1 Å². The van der Waals surface area contributed by atoms with E-state index >= 15 is 0 Å². The summed E-state index contributed by atoms with van der Waals surface area (Å²) in [6.45, 7) is -0.316. The van der Waals surface area contributed by atoms with E-state index in [4.69, 9.17) is 11.6 Å². The van der Waals surface area contributed by atoms with Crippen LogP contribution in [-0.2, 0) is 28.3 Å². The number of carbonyl (C=O) groups excluding carboxylic acids is 1. The standard InChI is InChI=1S/C14H17ClN4O3S2/c1-19-11-4-2-3-10(9(11)7-16-19)18-13(20)8-17-24(21,22)14-6-5-12(15)23-14/h5-7,10,17H,2-4,8H2,1H3,(H,18,20)/t10-/m0/s1. The topological polar surface area (TPSA) is 93.1 Å². The molecule has 0 radical (unpaired) electrons. The zero-order chi connectivity index (χ0) is 17.3. The van der Waals surface area contributed by atoms with Crippen LogP contribution in [0.25, 0.3) is 0 Å². The van der Waals surface area contributed by atoms with Gasteiger partial charge >= 0.3 is 0 Å². The van der Waals surface area contributed by atoms with E-state index in [2.05, 4.69) is 15.1 Å². The Morgan fingerprint density at radius 1 is 1.50 bits per heavy atom. The molecule has 2 aromatic heterocycles. The second-order valence-electron chi connectivity index (χ2n) is 5.57. The molecule has 0 aromatic carbocycles. The van der Waals surface area contributed by atoms with Crippen LogP contribution in [0.4, 0.5) is 0 Å². The van der Waals surface area contributed by atoms with Crippen LogP contribution in [-0.4, -0.2) is 30.7 Å². The molecule has 7 nitrogen and oxygen atoms in total. The van der Waals surface area contributed by atoms with E-state index in [0.717, 1.165) is 41.9 Å². The highest BCUT2D eigenvalue weighted by Crippen LogP contribution is 2.29. The monoisotopic (exact) mass is 388 g/mol. The summed E-state index contributed by atoms with van der Waals surface area (Å²) in [7, 11) is -1.85. The van der Waals surface area contributed by atoms with Gasteiger partial charge in [0.1, 0.15) is 4.21 Å². The number of fused-ring (bicyclic) bond motifs is 1. The van der Waals surface area contributed by atoms with Gasteiger partial charge in [-0.05, 0) is 31.4 Å². The van der Waals surface area contributed by atoms with Crippen molar-refractivity contribution in [2.45, 2.75) is 29.5 Å². The van der Waals surface area contributed by atoms with E-state index in [1.165, 1.54) is 12.1 Å². The van der Waals surface area contributed by atoms with Crippen molar-refractivity contribution in [2.75, 3.05) is 6.54 Å². The van der Waals surface area contributed by atoms with Gasteiger partial charge in [0.25, 0.3) is 10.0 Å². The zero-order valence-corrected chi connectivity index (χ0v) is 15.3. The number of thiophene rings is 1. The summed E-state index contributed by atoms with van der Waals surface area (Å²) in [5.41, 5.74) is 2.12. The molecular weight excluding hydrogens is 372 g/mol. The summed E-state index contributed by atoms with van der Waals surface area (Å²) in [4.78, 5) is 12.1. The van der Waals surface area contributed by atoms with Gasteiger partial charge in [-0.25, -0.2) is 13.1 Å². The highest BCUT2D eigenvalue weighted by Gasteiger charge is 2.25. The number of hydrogen-bond donors (Lipinski definition) is 2. The molecule has 0 saturated carbocycles. The maximum Gasteiger partial charge on any atom is 0.250 e. The molecule has 3 rings (SSSR count). The van der Waals surface area contributed by atoms with Crippen LogP contribution in [0.15, 0.2) is 22.5 Å². The Kier molecular flexibility index (Phi) is 4.95. The van der Waals surface area contributed by atoms with Crippen LogP contribution in [0, 0.1) is 0 Å². The molecule has 1 aliphatic rings. The van der Waals surface area contributed by atoms with Crippen LogP contribution in [0.2, 0.25) is 4.34 Å². The number of nitrogens with one attached hydrogen (secondary N) is 2. The van der Waals surface area contributed by atoms with Crippen molar-refractivity contribution < 1.29 is 13.2 Å². The maximum absolute atomic E-state index is 12.1. The molecule has 1 aliphatic carbocycles. The summed E-state index contributed by atoms with van der Waals surface area (Å²) in [6, 6.07) is 2.79. The average Bonchev–Trinajstić information content (AvgIpc) is 3.13. The summed E-state index contributed by atoms with van der Waals surface area (Å²) >= 11 is 6.69. The fourth-order valence-corrected chi connectivity index (χ4v) is 5.28. The summed E-state index contributed by atoms with van der Waals surface area (Å²) in [5.74, 6) is -0.372. The molecule has 10 heteroatoms. The fourth-order valence-electron chi connectivity index (χ4n) is 2.78. The first kappa shape index (κ1) is 17.4. The number of amides is 1. The van der Waals surface area contributed by atoms with Crippen molar-refractivity contribution in [2.24, 2.45) is 7.05 Å². The zero-order valence-electron chi connectivity index (χ0n) is 13.0. The van der Waals surface area contributed by atoms with E-state index < -0.39 is 10.0 Å². The molecule has 0 bridgehead atoms. The van der Waals surface area contributed by atoms with Crippen LogP contribution in [0.5, 0.6) is 0 Å². The minimum atomic E-state index is -3.72. The third-order valence-corrected chi connectivity index (χ3v) is 7.07. The van der Waals surface area contributed by atoms with Crippen LogP contribution >= 0.6 is 22.9 Å². The molecular formula is C14H17ClN4O3S2. The van der Waals surface area contributed by atoms with Crippen molar-refractivity contribution in [3.8, 4) is 0 Å². The number of aromatic nitrogens is 2. The van der Waals surface area contributed by atoms with Crippen molar-refractivity contribution in [3.63, 3.8) is 0 Å². The van der Waals surface area contributed by atoms with E-state index in [9.17, 15) is 13.2 Å². The molecule has 1 amide bonds. The first-order chi connectivity index (χ1) is 11.4. The van der Waals surface area contributed by atoms with E-state index in [1.807, 2.05) is 11.7 Å². The van der Waals surface area contributed by atoms with Gasteiger partial charge in [0, 0.05) is 18.3 Å². The van der Waals surface area contributed by atoms with Gasteiger partial charge in [0.2, 0.25) is 5.91 Å². The molecule has 1 atom stereocenters. The quantitative estimate of drug-likeness (QED) is 0.813. The number of aryl methyl sites for hydroxylation is 1. The minimum absolute atomic E-state index is 0.0903. The van der Waals surface area contributed by atoms with E-state index in [0.29, 0.717) is 4.34 Å². The normalized spacial score (nSPS) is 17.5. The molecule has 130 valence electrons. The van der Waals surface area contributed by atoms with Crippen LogP contribution < -0.4 is 10.0 Å². The Labute approximate surface area is 149 Å². The molecule has 24 heavy (non-hydrogen) atoms. The van der Waals surface area contributed by atoms with E-state index in [1.54, 1.807) is 6.20 Å². The largest absolute Gasteiger partial charge is 0.348 e. The van der Waals surface area contributed by atoms with Gasteiger partial charge in [-0.2, -0.15) is 5.10 Å². The number of halogens is 1. The summed E-state index contributed by atoms with van der Waals surface area (Å²) < 4.78 is 28.8. The third-order valence-electron chi connectivity index (χ3n) is 3.95. The minimum Gasteiger partial charge on any atom is -0.348 e. The molecule has 0 aliphatic heterocycles. The second kappa shape index (κ2) is 6.83. The Bertz CT molecular complexity index is 859. The molecule has 0 saturated heterocycles. The highest BCUT2D eigenvalue weighted by molar-refractivity contribution is 7.91. The Hall–Kier alpha value is -1.42. The smallest absolute Gasteiger partial charge is 0.250 e. The number of rotatable bonds is 5. The van der Waals surface area contributed by atoms with Crippen molar-refractivity contribution in [1.29, 1.82) is 0 Å². The number of hydrogen-bond acceptors (Lipinski definition) is 5. The molecule has 2 N–H and O–H groups in total. The molecule has 2 heterocycles. The summed E-state index contributed by atoms with van der Waals surface area (Å²) in [6.07, 6.45) is 4.47. The molecule has 0 fully saturated rings. The lowest BCUT2D eigenvalue weighted by Crippen LogP contribution is -2.39. The first-order valence-electron chi connectivity index (χ1n) is 7.42. The predicted octanol–water partition coefficient (Wildman–Crippen LogP) is 1.61. The first-order valence-corrected chi connectivity index (χ1v) is 10.1. The third kappa shape index (κ3) is 3.64. The lowest BCUT2D eigenvalue weighted by molar-refractivity contribution is -0.120. The van der Waals surface area contributed by atoms with Crippen molar-refractivity contribution in [1.82, 2.24) is 19.8 Å². The molecule has 0 unspecified atom stereocenters. The lowest BCUT2D eigenvalue weighted by Gasteiger charge is -2.23. The number of carbonyl (C=O) groups is 1. The molecule has 2 aromatic rings. The predicted molar refractivity (Wildman–Crippen MR) is 91.5 cm³/mol. The van der Waals surface area contributed by atoms with Crippen LogP contribution in [0.3, 0.4) is 0 Å². The maximum atomic E-state index is 12.1. The fraction of sp³-hybridized carbons (Fsp3) is 0.429. The van der Waals surface area contributed by atoms with Gasteiger partial charge in [-0.15, -0.1) is 11.3 Å². The molecule has 0 spiro atoms. The van der Waals surface area contributed by atoms with Gasteiger partial charge in [-0.3, -0.25) is 9.48 Å². The SMILES string of the molecule is Cn1ncc2c1CCC[C@@H]2NC(=O)CNS(=O)(=O)c1ccc(Cl)s1.